The zero-order chi connectivity index (χ0) is 12.5. The monoisotopic (exact) mass is 245 g/mol. The number of halogens is 3. The van der Waals surface area contributed by atoms with Gasteiger partial charge in [-0.2, -0.15) is 13.2 Å². The molecule has 0 spiro atoms. The highest BCUT2D eigenvalue weighted by atomic mass is 19.4. The van der Waals surface area contributed by atoms with Crippen molar-refractivity contribution in [1.29, 1.82) is 0 Å². The minimum absolute atomic E-state index is 0.229. The van der Waals surface area contributed by atoms with E-state index in [4.69, 9.17) is 4.74 Å². The lowest BCUT2D eigenvalue weighted by Crippen LogP contribution is -2.19. The molecule has 0 heterocycles. The second-order valence-corrected chi connectivity index (χ2v) is 4.18. The fraction of sp³-hybridized carbons (Fsp3) is 0.500. The molecule has 1 aliphatic carbocycles. The second kappa shape index (κ2) is 4.56. The zero-order valence-corrected chi connectivity index (χ0v) is 9.47. The van der Waals surface area contributed by atoms with Gasteiger partial charge >= 0.3 is 6.18 Å². The summed E-state index contributed by atoms with van der Waals surface area (Å²) in [6.45, 7) is 0.253. The van der Waals surface area contributed by atoms with Crippen molar-refractivity contribution < 1.29 is 17.9 Å². The van der Waals surface area contributed by atoms with Gasteiger partial charge in [-0.05, 0) is 30.5 Å². The molecule has 5 heteroatoms. The largest absolute Gasteiger partial charge is 0.497 e. The zero-order valence-electron chi connectivity index (χ0n) is 9.47. The normalized spacial score (nSPS) is 16.0. The van der Waals surface area contributed by atoms with Crippen molar-refractivity contribution in [3.05, 3.63) is 29.3 Å². The van der Waals surface area contributed by atoms with Gasteiger partial charge in [-0.25, -0.2) is 0 Å². The molecule has 0 aromatic heterocycles. The molecule has 1 N–H and O–H groups in total. The summed E-state index contributed by atoms with van der Waals surface area (Å²) in [4.78, 5) is 0. The highest BCUT2D eigenvalue weighted by Crippen LogP contribution is 2.34. The standard InChI is InChI=1S/C12H14F3NO/c1-17-10-5-2-8(7-16-9-3-4-9)11(6-10)12(13,14)15/h2,5-6,9,16H,3-4,7H2,1H3. The van der Waals surface area contributed by atoms with E-state index in [-0.39, 0.29) is 17.9 Å². The van der Waals surface area contributed by atoms with Gasteiger partial charge in [0, 0.05) is 12.6 Å². The van der Waals surface area contributed by atoms with Crippen molar-refractivity contribution in [3.8, 4) is 5.75 Å². The summed E-state index contributed by atoms with van der Waals surface area (Å²) in [7, 11) is 1.36. The van der Waals surface area contributed by atoms with Crippen molar-refractivity contribution in [2.24, 2.45) is 0 Å². The lowest BCUT2D eigenvalue weighted by molar-refractivity contribution is -0.138. The number of benzene rings is 1. The predicted molar refractivity (Wildman–Crippen MR) is 57.9 cm³/mol. The summed E-state index contributed by atoms with van der Waals surface area (Å²) in [5.41, 5.74) is -0.352. The average Bonchev–Trinajstić information content (AvgIpc) is 3.08. The average molecular weight is 245 g/mol. The van der Waals surface area contributed by atoms with Crippen LogP contribution in [0.15, 0.2) is 18.2 Å². The third-order valence-electron chi connectivity index (χ3n) is 2.78. The molecule has 1 aromatic rings. The van der Waals surface area contributed by atoms with Crippen molar-refractivity contribution in [2.75, 3.05) is 7.11 Å². The van der Waals surface area contributed by atoms with E-state index in [0.717, 1.165) is 18.9 Å². The molecule has 17 heavy (non-hydrogen) atoms. The minimum atomic E-state index is -4.34. The molecule has 1 aliphatic rings. The van der Waals surface area contributed by atoms with Crippen LogP contribution in [0.5, 0.6) is 5.75 Å². The van der Waals surface area contributed by atoms with Crippen molar-refractivity contribution in [2.45, 2.75) is 31.6 Å². The van der Waals surface area contributed by atoms with Gasteiger partial charge in [-0.15, -0.1) is 0 Å². The van der Waals surface area contributed by atoms with E-state index in [9.17, 15) is 13.2 Å². The number of methoxy groups -OCH3 is 1. The number of rotatable bonds is 4. The summed E-state index contributed by atoms with van der Waals surface area (Å²) >= 11 is 0. The molecular formula is C12H14F3NO. The van der Waals surface area contributed by atoms with E-state index in [1.54, 1.807) is 6.07 Å². The first-order valence-corrected chi connectivity index (χ1v) is 5.48. The number of hydrogen-bond donors (Lipinski definition) is 1. The third-order valence-corrected chi connectivity index (χ3v) is 2.78. The van der Waals surface area contributed by atoms with E-state index in [2.05, 4.69) is 5.32 Å². The first-order valence-electron chi connectivity index (χ1n) is 5.48. The molecule has 1 aromatic carbocycles. The highest BCUT2D eigenvalue weighted by molar-refractivity contribution is 5.37. The Morgan fingerprint density at radius 1 is 1.35 bits per heavy atom. The summed E-state index contributed by atoms with van der Waals surface area (Å²) in [6, 6.07) is 4.46. The Morgan fingerprint density at radius 3 is 2.59 bits per heavy atom. The molecule has 0 aliphatic heterocycles. The molecule has 0 unspecified atom stereocenters. The van der Waals surface area contributed by atoms with E-state index in [0.29, 0.717) is 6.04 Å². The first kappa shape index (κ1) is 12.2. The Balaban J connectivity index is 2.22. The fourth-order valence-corrected chi connectivity index (χ4v) is 1.64. The van der Waals surface area contributed by atoms with Crippen LogP contribution < -0.4 is 10.1 Å². The second-order valence-electron chi connectivity index (χ2n) is 4.18. The summed E-state index contributed by atoms with van der Waals surface area (Å²) in [5, 5.41) is 3.08. The maximum Gasteiger partial charge on any atom is 0.416 e. The predicted octanol–water partition coefficient (Wildman–Crippen LogP) is 2.97. The van der Waals surface area contributed by atoms with Gasteiger partial charge in [0.2, 0.25) is 0 Å². The lowest BCUT2D eigenvalue weighted by Gasteiger charge is -2.14. The van der Waals surface area contributed by atoms with Crippen molar-refractivity contribution in [3.63, 3.8) is 0 Å². The molecule has 0 amide bonds. The van der Waals surface area contributed by atoms with E-state index >= 15 is 0 Å². The molecule has 1 fully saturated rings. The van der Waals surface area contributed by atoms with Crippen LogP contribution in [0, 0.1) is 0 Å². The Labute approximate surface area is 97.8 Å². The first-order chi connectivity index (χ1) is 8.00. The van der Waals surface area contributed by atoms with Crippen molar-refractivity contribution >= 4 is 0 Å². The molecule has 0 atom stereocenters. The van der Waals surface area contributed by atoms with Crippen LogP contribution in [0.25, 0.3) is 0 Å². The van der Waals surface area contributed by atoms with E-state index in [1.165, 1.54) is 13.2 Å². The van der Waals surface area contributed by atoms with Crippen LogP contribution in [-0.2, 0) is 12.7 Å². The lowest BCUT2D eigenvalue weighted by atomic mass is 10.1. The van der Waals surface area contributed by atoms with Gasteiger partial charge < -0.3 is 10.1 Å². The van der Waals surface area contributed by atoms with Crippen LogP contribution in [0.3, 0.4) is 0 Å². The molecule has 0 saturated heterocycles. The number of ether oxygens (including phenoxy) is 1. The SMILES string of the molecule is COc1ccc(CNC2CC2)c(C(F)(F)F)c1. The minimum Gasteiger partial charge on any atom is -0.497 e. The fourth-order valence-electron chi connectivity index (χ4n) is 1.64. The van der Waals surface area contributed by atoms with Crippen LogP contribution in [0.1, 0.15) is 24.0 Å². The quantitative estimate of drug-likeness (QED) is 0.880. The number of alkyl halides is 3. The van der Waals surface area contributed by atoms with Crippen LogP contribution in [0.4, 0.5) is 13.2 Å². The molecule has 0 radical (unpaired) electrons. The molecular weight excluding hydrogens is 231 g/mol. The number of hydrogen-bond acceptors (Lipinski definition) is 2. The van der Waals surface area contributed by atoms with Gasteiger partial charge in [-0.3, -0.25) is 0 Å². The van der Waals surface area contributed by atoms with Gasteiger partial charge in [0.25, 0.3) is 0 Å². The van der Waals surface area contributed by atoms with Crippen LogP contribution >= 0.6 is 0 Å². The summed E-state index contributed by atoms with van der Waals surface area (Å²) in [5.74, 6) is 0.229. The summed E-state index contributed by atoms with van der Waals surface area (Å²) < 4.78 is 43.3. The molecule has 94 valence electrons. The third kappa shape index (κ3) is 3.12. The molecule has 2 rings (SSSR count). The Hall–Kier alpha value is -1.23. The van der Waals surface area contributed by atoms with Gasteiger partial charge in [0.1, 0.15) is 5.75 Å². The molecule has 0 bridgehead atoms. The van der Waals surface area contributed by atoms with Crippen molar-refractivity contribution in [1.82, 2.24) is 5.32 Å². The van der Waals surface area contributed by atoms with Crippen LogP contribution in [-0.4, -0.2) is 13.2 Å². The van der Waals surface area contributed by atoms with E-state index < -0.39 is 11.7 Å². The number of nitrogens with one attached hydrogen (secondary N) is 1. The smallest absolute Gasteiger partial charge is 0.416 e. The topological polar surface area (TPSA) is 21.3 Å². The highest BCUT2D eigenvalue weighted by Gasteiger charge is 2.34. The maximum absolute atomic E-state index is 12.8. The Bertz CT molecular complexity index is 399. The summed E-state index contributed by atoms with van der Waals surface area (Å²) in [6.07, 6.45) is -2.23. The van der Waals surface area contributed by atoms with Gasteiger partial charge in [-0.1, -0.05) is 6.07 Å². The van der Waals surface area contributed by atoms with Gasteiger partial charge in [0.05, 0.1) is 12.7 Å². The van der Waals surface area contributed by atoms with E-state index in [1.807, 2.05) is 0 Å². The van der Waals surface area contributed by atoms with Gasteiger partial charge in [0.15, 0.2) is 0 Å². The molecule has 2 nitrogen and oxygen atoms in total. The maximum atomic E-state index is 12.8. The van der Waals surface area contributed by atoms with Crippen LogP contribution in [0.2, 0.25) is 0 Å². The Morgan fingerprint density at radius 2 is 2.06 bits per heavy atom. The molecule has 1 saturated carbocycles. The Kier molecular flexibility index (Phi) is 3.28.